The summed E-state index contributed by atoms with van der Waals surface area (Å²) in [5, 5.41) is 0. The summed E-state index contributed by atoms with van der Waals surface area (Å²) < 4.78 is 10.4. The van der Waals surface area contributed by atoms with Gasteiger partial charge in [0, 0.05) is 12.0 Å². The molecule has 2 rings (SSSR count). The molecule has 1 atom stereocenters. The van der Waals surface area contributed by atoms with E-state index < -0.39 is 12.1 Å². The molecular formula is C18H22O4. The number of allylic oxidation sites excluding steroid dienone is 1. The van der Waals surface area contributed by atoms with E-state index in [-0.39, 0.29) is 5.78 Å². The van der Waals surface area contributed by atoms with Crippen LogP contribution in [0.15, 0.2) is 18.2 Å². The molecule has 1 unspecified atom stereocenters. The van der Waals surface area contributed by atoms with Gasteiger partial charge in [-0.2, -0.15) is 0 Å². The molecule has 118 valence electrons. The Hall–Kier alpha value is -2.10. The van der Waals surface area contributed by atoms with Crippen LogP contribution in [0, 0.1) is 13.8 Å². The van der Waals surface area contributed by atoms with Gasteiger partial charge in [0.15, 0.2) is 11.9 Å². The van der Waals surface area contributed by atoms with E-state index in [1.165, 1.54) is 7.11 Å². The molecule has 0 aromatic heterocycles. The maximum atomic E-state index is 12.5. The number of carbonyl (C=O) groups is 2. The monoisotopic (exact) mass is 302 g/mol. The molecule has 0 saturated heterocycles. The second-order valence-electron chi connectivity index (χ2n) is 5.68. The Morgan fingerprint density at radius 3 is 2.64 bits per heavy atom. The fraction of sp³-hybridized carbons (Fsp3) is 0.444. The first-order valence-electron chi connectivity index (χ1n) is 7.50. The van der Waals surface area contributed by atoms with Gasteiger partial charge in [0.1, 0.15) is 5.75 Å². The Kier molecular flexibility index (Phi) is 4.69. The van der Waals surface area contributed by atoms with Crippen molar-refractivity contribution in [1.29, 1.82) is 0 Å². The van der Waals surface area contributed by atoms with Crippen LogP contribution in [0.5, 0.6) is 5.75 Å². The van der Waals surface area contributed by atoms with Crippen molar-refractivity contribution in [3.63, 3.8) is 0 Å². The molecule has 1 aliphatic rings. The van der Waals surface area contributed by atoms with Gasteiger partial charge in [-0.25, -0.2) is 4.79 Å². The fourth-order valence-electron chi connectivity index (χ4n) is 2.77. The number of ketones is 1. The van der Waals surface area contributed by atoms with Crippen LogP contribution in [-0.2, 0) is 16.0 Å². The normalized spacial score (nSPS) is 15.9. The minimum atomic E-state index is -0.623. The highest BCUT2D eigenvalue weighted by atomic mass is 16.6. The highest BCUT2D eigenvalue weighted by molar-refractivity contribution is 6.09. The molecule has 1 aliphatic heterocycles. The maximum absolute atomic E-state index is 12.5. The quantitative estimate of drug-likeness (QED) is 0.475. The number of carbonyl (C=O) groups excluding carboxylic acids is 2. The predicted molar refractivity (Wildman–Crippen MR) is 84.4 cm³/mol. The first kappa shape index (κ1) is 16.3. The Morgan fingerprint density at radius 1 is 1.36 bits per heavy atom. The second-order valence-corrected chi connectivity index (χ2v) is 5.68. The Morgan fingerprint density at radius 2 is 2.05 bits per heavy atom. The number of hydrogen-bond acceptors (Lipinski definition) is 4. The van der Waals surface area contributed by atoms with Crippen LogP contribution in [0.2, 0.25) is 0 Å². The maximum Gasteiger partial charge on any atom is 0.347 e. The molecule has 22 heavy (non-hydrogen) atoms. The van der Waals surface area contributed by atoms with Gasteiger partial charge < -0.3 is 9.47 Å². The standard InChI is InChI=1S/C18H22O4/c1-6-7-10(2)16(19)14-8-13-9-15(18(20)21-5)22-17(13)12(4)11(14)3/h8,15H,2,6-7,9H2,1,3-5H3. The minimum absolute atomic E-state index is 0.0215. The van der Waals surface area contributed by atoms with Crippen LogP contribution in [0.3, 0.4) is 0 Å². The summed E-state index contributed by atoms with van der Waals surface area (Å²) in [6, 6.07) is 1.84. The molecule has 0 radical (unpaired) electrons. The third-order valence-electron chi connectivity index (χ3n) is 4.16. The lowest BCUT2D eigenvalue weighted by molar-refractivity contribution is -0.147. The second kappa shape index (κ2) is 6.34. The Bertz CT molecular complexity index is 643. The van der Waals surface area contributed by atoms with Gasteiger partial charge in [-0.3, -0.25) is 4.79 Å². The molecule has 1 aromatic carbocycles. The molecule has 4 nitrogen and oxygen atoms in total. The highest BCUT2D eigenvalue weighted by Gasteiger charge is 2.33. The zero-order valence-corrected chi connectivity index (χ0v) is 13.6. The van der Waals surface area contributed by atoms with Crippen LogP contribution in [0.4, 0.5) is 0 Å². The van der Waals surface area contributed by atoms with E-state index in [1.807, 2.05) is 26.8 Å². The zero-order valence-electron chi connectivity index (χ0n) is 13.6. The van der Waals surface area contributed by atoms with Gasteiger partial charge in [0.25, 0.3) is 0 Å². The Balaban J connectivity index is 2.39. The van der Waals surface area contributed by atoms with Crippen LogP contribution in [0.25, 0.3) is 0 Å². The number of methoxy groups -OCH3 is 1. The van der Waals surface area contributed by atoms with Crippen molar-refractivity contribution in [3.05, 3.63) is 40.5 Å². The molecular weight excluding hydrogens is 280 g/mol. The lowest BCUT2D eigenvalue weighted by Gasteiger charge is -2.13. The van der Waals surface area contributed by atoms with Gasteiger partial charge in [-0.1, -0.05) is 19.9 Å². The van der Waals surface area contributed by atoms with Crippen LogP contribution < -0.4 is 4.74 Å². The lowest BCUT2D eigenvalue weighted by Crippen LogP contribution is -2.26. The summed E-state index contributed by atoms with van der Waals surface area (Å²) in [6.07, 6.45) is 1.39. The van der Waals surface area contributed by atoms with E-state index in [2.05, 4.69) is 6.58 Å². The lowest BCUT2D eigenvalue weighted by atomic mass is 9.91. The topological polar surface area (TPSA) is 52.6 Å². The summed E-state index contributed by atoms with van der Waals surface area (Å²) in [7, 11) is 1.34. The highest BCUT2D eigenvalue weighted by Crippen LogP contribution is 2.37. The molecule has 0 saturated carbocycles. The smallest absolute Gasteiger partial charge is 0.347 e. The summed E-state index contributed by atoms with van der Waals surface area (Å²) in [6.45, 7) is 9.72. The zero-order chi connectivity index (χ0) is 16.4. The van der Waals surface area contributed by atoms with E-state index in [1.54, 1.807) is 0 Å². The minimum Gasteiger partial charge on any atom is -0.478 e. The van der Waals surface area contributed by atoms with Crippen molar-refractivity contribution in [2.75, 3.05) is 7.11 Å². The average molecular weight is 302 g/mol. The predicted octanol–water partition coefficient (Wildman–Crippen LogP) is 3.32. The largest absolute Gasteiger partial charge is 0.478 e. The number of fused-ring (bicyclic) bond motifs is 1. The van der Waals surface area contributed by atoms with E-state index in [9.17, 15) is 9.59 Å². The molecule has 1 aromatic rings. The number of hydrogen-bond donors (Lipinski definition) is 0. The van der Waals surface area contributed by atoms with Gasteiger partial charge in [-0.05, 0) is 48.6 Å². The molecule has 1 heterocycles. The van der Waals surface area contributed by atoms with Gasteiger partial charge in [-0.15, -0.1) is 0 Å². The third-order valence-corrected chi connectivity index (χ3v) is 4.16. The average Bonchev–Trinajstić information content (AvgIpc) is 2.93. The van der Waals surface area contributed by atoms with Crippen LogP contribution in [0.1, 0.15) is 46.8 Å². The van der Waals surface area contributed by atoms with E-state index in [4.69, 9.17) is 9.47 Å². The molecule has 0 bridgehead atoms. The van der Waals surface area contributed by atoms with E-state index in [0.717, 1.165) is 23.1 Å². The van der Waals surface area contributed by atoms with Crippen molar-refractivity contribution in [2.24, 2.45) is 0 Å². The van der Waals surface area contributed by atoms with Crippen molar-refractivity contribution in [1.82, 2.24) is 0 Å². The molecule has 0 fully saturated rings. The van der Waals surface area contributed by atoms with Crippen LogP contribution >= 0.6 is 0 Å². The van der Waals surface area contributed by atoms with Gasteiger partial charge in [0.05, 0.1) is 7.11 Å². The SMILES string of the molecule is C=C(CCC)C(=O)c1cc2c(c(C)c1C)OC(C(=O)OC)C2. The van der Waals surface area contributed by atoms with Crippen molar-refractivity contribution in [2.45, 2.75) is 46.1 Å². The van der Waals surface area contributed by atoms with Crippen molar-refractivity contribution < 1.29 is 19.1 Å². The summed E-state index contributed by atoms with van der Waals surface area (Å²) >= 11 is 0. The number of ether oxygens (including phenoxy) is 2. The van der Waals surface area contributed by atoms with Crippen molar-refractivity contribution >= 4 is 11.8 Å². The van der Waals surface area contributed by atoms with E-state index >= 15 is 0 Å². The number of esters is 1. The molecule has 4 heteroatoms. The molecule has 0 amide bonds. The van der Waals surface area contributed by atoms with Gasteiger partial charge >= 0.3 is 5.97 Å². The van der Waals surface area contributed by atoms with Gasteiger partial charge in [0.2, 0.25) is 0 Å². The molecule has 0 spiro atoms. The number of rotatable bonds is 5. The fourth-order valence-corrected chi connectivity index (χ4v) is 2.77. The summed E-state index contributed by atoms with van der Waals surface area (Å²) in [5.74, 6) is 0.286. The number of benzene rings is 1. The Labute approximate surface area is 131 Å². The first-order chi connectivity index (χ1) is 10.4. The van der Waals surface area contributed by atoms with Crippen LogP contribution in [-0.4, -0.2) is 25.0 Å². The third kappa shape index (κ3) is 2.78. The molecule has 0 N–H and O–H groups in total. The molecule has 0 aliphatic carbocycles. The van der Waals surface area contributed by atoms with E-state index in [0.29, 0.717) is 29.7 Å². The summed E-state index contributed by atoms with van der Waals surface area (Å²) in [4.78, 5) is 24.2. The summed E-state index contributed by atoms with van der Waals surface area (Å²) in [5.41, 5.74) is 3.94. The van der Waals surface area contributed by atoms with Crippen molar-refractivity contribution in [3.8, 4) is 5.75 Å². The number of Topliss-reactive ketones (excluding diaryl/α,β-unsaturated/α-hetero) is 1. The first-order valence-corrected chi connectivity index (χ1v) is 7.50.